The summed E-state index contributed by atoms with van der Waals surface area (Å²) in [7, 11) is 0. The van der Waals surface area contributed by atoms with Crippen LogP contribution >= 0.6 is 11.8 Å². The molecule has 3 aromatic rings. The highest BCUT2D eigenvalue weighted by Gasteiger charge is 2.08. The molecule has 2 aromatic carbocycles. The van der Waals surface area contributed by atoms with E-state index in [0.29, 0.717) is 17.9 Å². The Kier molecular flexibility index (Phi) is 5.22. The number of carbonyl (C=O) groups is 1. The summed E-state index contributed by atoms with van der Waals surface area (Å²) in [6.45, 7) is 2.06. The van der Waals surface area contributed by atoms with Crippen molar-refractivity contribution in [3.63, 3.8) is 0 Å². The average molecular weight is 340 g/mol. The molecule has 122 valence electrons. The third-order valence-electron chi connectivity index (χ3n) is 3.29. The minimum Gasteiger partial charge on any atom is -0.493 e. The Hall–Kier alpha value is -2.67. The van der Waals surface area contributed by atoms with Gasteiger partial charge in [-0.1, -0.05) is 30.0 Å². The van der Waals surface area contributed by atoms with Gasteiger partial charge in [0.15, 0.2) is 5.78 Å². The molecule has 0 radical (unpaired) electrons. The summed E-state index contributed by atoms with van der Waals surface area (Å²) in [6.07, 6.45) is 0. The second-order valence-corrected chi connectivity index (χ2v) is 6.05. The van der Waals surface area contributed by atoms with Gasteiger partial charge < -0.3 is 4.74 Å². The number of tetrazole rings is 1. The lowest BCUT2D eigenvalue weighted by atomic mass is 10.1. The standard InChI is InChI=1S/C17H16N4O2S/c1-13(22)14-7-9-16(10-8-14)23-11-12-24-17-18-19-20-21(17)15-5-3-2-4-6-15/h2-10H,11-12H2,1H3. The molecule has 0 aliphatic rings. The SMILES string of the molecule is CC(=O)c1ccc(OCCSc2nnnn2-c2ccccc2)cc1. The van der Waals surface area contributed by atoms with Crippen molar-refractivity contribution < 1.29 is 9.53 Å². The number of hydrogen-bond acceptors (Lipinski definition) is 6. The predicted molar refractivity (Wildman–Crippen MR) is 91.8 cm³/mol. The van der Waals surface area contributed by atoms with E-state index in [1.165, 1.54) is 11.8 Å². The maximum absolute atomic E-state index is 11.2. The molecule has 0 fully saturated rings. The monoisotopic (exact) mass is 340 g/mol. The van der Waals surface area contributed by atoms with Crippen molar-refractivity contribution in [3.05, 3.63) is 60.2 Å². The van der Waals surface area contributed by atoms with Gasteiger partial charge in [-0.2, -0.15) is 4.68 Å². The van der Waals surface area contributed by atoms with Gasteiger partial charge >= 0.3 is 0 Å². The minimum absolute atomic E-state index is 0.0462. The number of benzene rings is 2. The van der Waals surface area contributed by atoms with Gasteiger partial charge in [-0.3, -0.25) is 4.79 Å². The first-order chi connectivity index (χ1) is 11.7. The molecule has 0 aliphatic heterocycles. The second kappa shape index (κ2) is 7.74. The van der Waals surface area contributed by atoms with Crippen LogP contribution in [0, 0.1) is 0 Å². The van der Waals surface area contributed by atoms with Crippen molar-refractivity contribution >= 4 is 17.5 Å². The highest BCUT2D eigenvalue weighted by Crippen LogP contribution is 2.18. The molecule has 1 aromatic heterocycles. The van der Waals surface area contributed by atoms with E-state index in [1.54, 1.807) is 35.9 Å². The summed E-state index contributed by atoms with van der Waals surface area (Å²) < 4.78 is 7.38. The zero-order valence-corrected chi connectivity index (χ0v) is 13.9. The van der Waals surface area contributed by atoms with Crippen LogP contribution in [0.4, 0.5) is 0 Å². The summed E-state index contributed by atoms with van der Waals surface area (Å²) in [5, 5.41) is 12.5. The van der Waals surface area contributed by atoms with Gasteiger partial charge in [-0.25, -0.2) is 0 Å². The lowest BCUT2D eigenvalue weighted by molar-refractivity contribution is 0.101. The van der Waals surface area contributed by atoms with Crippen LogP contribution in [-0.2, 0) is 0 Å². The Balaban J connectivity index is 1.52. The molecule has 0 saturated carbocycles. The van der Waals surface area contributed by atoms with Crippen LogP contribution in [0.25, 0.3) is 5.69 Å². The van der Waals surface area contributed by atoms with Crippen molar-refractivity contribution in [2.45, 2.75) is 12.1 Å². The van der Waals surface area contributed by atoms with E-state index in [2.05, 4.69) is 15.5 Å². The molecular weight excluding hydrogens is 324 g/mol. The molecule has 0 bridgehead atoms. The first-order valence-electron chi connectivity index (χ1n) is 7.44. The van der Waals surface area contributed by atoms with Crippen molar-refractivity contribution in [2.75, 3.05) is 12.4 Å². The molecule has 0 atom stereocenters. The number of hydrogen-bond donors (Lipinski definition) is 0. The normalized spacial score (nSPS) is 10.5. The quantitative estimate of drug-likeness (QED) is 0.374. The predicted octanol–water partition coefficient (Wildman–Crippen LogP) is 3.04. The molecular formula is C17H16N4O2S. The van der Waals surface area contributed by atoms with E-state index in [4.69, 9.17) is 4.74 Å². The maximum Gasteiger partial charge on any atom is 0.214 e. The van der Waals surface area contributed by atoms with E-state index < -0.39 is 0 Å². The largest absolute Gasteiger partial charge is 0.493 e. The number of aromatic nitrogens is 4. The summed E-state index contributed by atoms with van der Waals surface area (Å²) >= 11 is 1.52. The van der Waals surface area contributed by atoms with Gasteiger partial charge in [0.1, 0.15) is 5.75 Å². The molecule has 24 heavy (non-hydrogen) atoms. The Morgan fingerprint density at radius 1 is 1.12 bits per heavy atom. The fraction of sp³-hybridized carbons (Fsp3) is 0.176. The van der Waals surface area contributed by atoms with Crippen molar-refractivity contribution in [1.29, 1.82) is 0 Å². The van der Waals surface area contributed by atoms with Crippen LogP contribution in [0.5, 0.6) is 5.75 Å². The van der Waals surface area contributed by atoms with Crippen LogP contribution in [0.1, 0.15) is 17.3 Å². The second-order valence-electron chi connectivity index (χ2n) is 4.99. The number of rotatable bonds is 7. The zero-order valence-electron chi connectivity index (χ0n) is 13.1. The molecule has 7 heteroatoms. The van der Waals surface area contributed by atoms with Gasteiger partial charge in [-0.05, 0) is 53.7 Å². The number of carbonyl (C=O) groups excluding carboxylic acids is 1. The highest BCUT2D eigenvalue weighted by molar-refractivity contribution is 7.99. The number of nitrogens with zero attached hydrogens (tertiary/aromatic N) is 4. The fourth-order valence-corrected chi connectivity index (χ4v) is 2.79. The van der Waals surface area contributed by atoms with E-state index in [-0.39, 0.29) is 5.78 Å². The van der Waals surface area contributed by atoms with Gasteiger partial charge in [0, 0.05) is 11.3 Å². The van der Waals surface area contributed by atoms with Gasteiger partial charge in [0.05, 0.1) is 12.3 Å². The van der Waals surface area contributed by atoms with Gasteiger partial charge in [-0.15, -0.1) is 5.10 Å². The van der Waals surface area contributed by atoms with E-state index in [0.717, 1.165) is 16.6 Å². The molecule has 0 saturated heterocycles. The molecule has 0 unspecified atom stereocenters. The Morgan fingerprint density at radius 2 is 1.88 bits per heavy atom. The molecule has 0 N–H and O–H groups in total. The first-order valence-corrected chi connectivity index (χ1v) is 8.43. The van der Waals surface area contributed by atoms with Gasteiger partial charge in [0.2, 0.25) is 5.16 Å². The van der Waals surface area contributed by atoms with E-state index >= 15 is 0 Å². The van der Waals surface area contributed by atoms with Crippen molar-refractivity contribution in [3.8, 4) is 11.4 Å². The Bertz CT molecular complexity index is 803. The summed E-state index contributed by atoms with van der Waals surface area (Å²) in [5.74, 6) is 1.50. The molecule has 0 aliphatic carbocycles. The Labute approximate surface area is 143 Å². The lowest BCUT2D eigenvalue weighted by Crippen LogP contribution is -2.03. The molecule has 1 heterocycles. The van der Waals surface area contributed by atoms with Crippen molar-refractivity contribution in [1.82, 2.24) is 20.2 Å². The average Bonchev–Trinajstić information content (AvgIpc) is 3.08. The zero-order chi connectivity index (χ0) is 16.8. The molecule has 3 rings (SSSR count). The van der Waals surface area contributed by atoms with E-state index in [9.17, 15) is 4.79 Å². The topological polar surface area (TPSA) is 69.9 Å². The maximum atomic E-state index is 11.2. The fourth-order valence-electron chi connectivity index (χ4n) is 2.08. The first kappa shape index (κ1) is 16.2. The molecule has 6 nitrogen and oxygen atoms in total. The number of ether oxygens (including phenoxy) is 1. The van der Waals surface area contributed by atoms with Gasteiger partial charge in [0.25, 0.3) is 0 Å². The number of Topliss-reactive ketones (excluding diaryl/α,β-unsaturated/α-hetero) is 1. The smallest absolute Gasteiger partial charge is 0.214 e. The van der Waals surface area contributed by atoms with Crippen LogP contribution < -0.4 is 4.74 Å². The van der Waals surface area contributed by atoms with Crippen LogP contribution in [0.15, 0.2) is 59.8 Å². The molecule has 0 spiro atoms. The number of para-hydroxylation sites is 1. The highest BCUT2D eigenvalue weighted by atomic mass is 32.2. The summed E-state index contributed by atoms with van der Waals surface area (Å²) in [5.41, 5.74) is 1.60. The van der Waals surface area contributed by atoms with Crippen molar-refractivity contribution in [2.24, 2.45) is 0 Å². The molecule has 0 amide bonds. The number of ketones is 1. The summed E-state index contributed by atoms with van der Waals surface area (Å²) in [6, 6.07) is 16.9. The Morgan fingerprint density at radius 3 is 2.58 bits per heavy atom. The van der Waals surface area contributed by atoms with Crippen LogP contribution in [0.3, 0.4) is 0 Å². The van der Waals surface area contributed by atoms with Crippen LogP contribution in [-0.4, -0.2) is 38.4 Å². The third-order valence-corrected chi connectivity index (χ3v) is 4.17. The van der Waals surface area contributed by atoms with E-state index in [1.807, 2.05) is 30.3 Å². The minimum atomic E-state index is 0.0462. The van der Waals surface area contributed by atoms with Crippen LogP contribution in [0.2, 0.25) is 0 Å². The lowest BCUT2D eigenvalue weighted by Gasteiger charge is -2.07. The third kappa shape index (κ3) is 3.99. The number of thioether (sulfide) groups is 1. The summed E-state index contributed by atoms with van der Waals surface area (Å²) in [4.78, 5) is 11.2.